The lowest BCUT2D eigenvalue weighted by atomic mass is 10.1. The number of alkyl halides is 3. The topological polar surface area (TPSA) is 68.0 Å². The molecule has 0 saturated heterocycles. The first-order valence-electron chi connectivity index (χ1n) is 7.57. The Labute approximate surface area is 154 Å². The summed E-state index contributed by atoms with van der Waals surface area (Å²) in [4.78, 5) is 15.7. The summed E-state index contributed by atoms with van der Waals surface area (Å²) in [6.07, 6.45) is 7.56. The highest BCUT2D eigenvalue weighted by Crippen LogP contribution is 2.18. The van der Waals surface area contributed by atoms with Gasteiger partial charge < -0.3 is 11.1 Å². The molecular weight excluding hydrogens is 362 g/mol. The zero-order valence-electron chi connectivity index (χ0n) is 14.3. The molecule has 0 aliphatic rings. The minimum absolute atomic E-state index is 0.0611. The van der Waals surface area contributed by atoms with Crippen LogP contribution in [0.4, 0.5) is 23.2 Å². The Hall–Kier alpha value is -3.34. The van der Waals surface area contributed by atoms with Crippen molar-refractivity contribution in [1.82, 2.24) is 10.3 Å². The number of nitrogens with two attached hydrogens (primary N) is 1. The van der Waals surface area contributed by atoms with Crippen molar-refractivity contribution >= 4 is 17.7 Å². The number of terminal acetylenes is 1. The van der Waals surface area contributed by atoms with E-state index in [2.05, 4.69) is 16.2 Å². The highest BCUT2D eigenvalue weighted by atomic mass is 19.4. The number of rotatable bonds is 4. The van der Waals surface area contributed by atoms with E-state index in [1.807, 2.05) is 6.07 Å². The lowest BCUT2D eigenvalue weighted by Crippen LogP contribution is -2.20. The van der Waals surface area contributed by atoms with Crippen molar-refractivity contribution in [1.29, 1.82) is 0 Å². The van der Waals surface area contributed by atoms with Crippen LogP contribution < -0.4 is 11.1 Å². The molecule has 2 rings (SSSR count). The summed E-state index contributed by atoms with van der Waals surface area (Å²) in [5.74, 6) is 1.42. The largest absolute Gasteiger partial charge is 0.395 e. The molecule has 0 atom stereocenters. The summed E-state index contributed by atoms with van der Waals surface area (Å²) in [5.41, 5.74) is 7.08. The molecule has 0 aliphatic carbocycles. The van der Waals surface area contributed by atoms with Crippen molar-refractivity contribution in [3.63, 3.8) is 0 Å². The second kappa shape index (κ2) is 9.97. The first kappa shape index (κ1) is 21.7. The van der Waals surface area contributed by atoms with E-state index in [-0.39, 0.29) is 30.6 Å². The fourth-order valence-electron chi connectivity index (χ4n) is 1.79. The van der Waals surface area contributed by atoms with Gasteiger partial charge in [0.15, 0.2) is 0 Å². The van der Waals surface area contributed by atoms with Gasteiger partial charge in [-0.05, 0) is 35.4 Å². The predicted molar refractivity (Wildman–Crippen MR) is 95.6 cm³/mol. The van der Waals surface area contributed by atoms with Crippen molar-refractivity contribution in [2.45, 2.75) is 19.6 Å². The van der Waals surface area contributed by atoms with Crippen LogP contribution in [0.25, 0.3) is 6.08 Å². The summed E-state index contributed by atoms with van der Waals surface area (Å²) in [6.45, 7) is 0.342. The van der Waals surface area contributed by atoms with Crippen LogP contribution in [0.15, 0.2) is 42.7 Å². The van der Waals surface area contributed by atoms with Crippen LogP contribution >= 0.6 is 0 Å². The van der Waals surface area contributed by atoms with Crippen LogP contribution in [-0.2, 0) is 11.3 Å². The standard InChI is InChI=1S/C17H14FN3O.C2H3F3/c1-2-14-8-13(9-15(18)17(14)19)11-21-16(22)6-5-12-4-3-7-20-10-12;1-2(3,4)5/h1,3-10H,11,19H2,(H,21,22);1H3/b6-5+;. The molecule has 1 heterocycles. The molecule has 4 nitrogen and oxygen atoms in total. The summed E-state index contributed by atoms with van der Waals surface area (Å²) in [5, 5.41) is 2.64. The maximum atomic E-state index is 13.6. The van der Waals surface area contributed by atoms with Gasteiger partial charge in [-0.2, -0.15) is 13.2 Å². The quantitative estimate of drug-likeness (QED) is 0.369. The van der Waals surface area contributed by atoms with Gasteiger partial charge in [0.25, 0.3) is 0 Å². The Bertz CT molecular complexity index is 835. The molecule has 8 heteroatoms. The fraction of sp³-hybridized carbons (Fsp3) is 0.158. The maximum Gasteiger partial charge on any atom is 0.386 e. The van der Waals surface area contributed by atoms with Crippen molar-refractivity contribution < 1.29 is 22.4 Å². The third kappa shape index (κ3) is 9.07. The van der Waals surface area contributed by atoms with Gasteiger partial charge in [-0.25, -0.2) is 4.39 Å². The SMILES string of the molecule is C#Cc1cc(CNC(=O)/C=C/c2cccnc2)cc(F)c1N.CC(F)(F)F. The monoisotopic (exact) mass is 379 g/mol. The third-order valence-corrected chi connectivity index (χ3v) is 2.92. The van der Waals surface area contributed by atoms with Gasteiger partial charge in [0.1, 0.15) is 5.82 Å². The molecule has 0 aliphatic heterocycles. The molecule has 0 bridgehead atoms. The lowest BCUT2D eigenvalue weighted by molar-refractivity contribution is -0.116. The second-order valence-electron chi connectivity index (χ2n) is 5.30. The van der Waals surface area contributed by atoms with Crippen LogP contribution in [0, 0.1) is 18.2 Å². The van der Waals surface area contributed by atoms with Gasteiger partial charge in [-0.3, -0.25) is 9.78 Å². The summed E-state index contributed by atoms with van der Waals surface area (Å²) < 4.78 is 44.6. The number of amides is 1. The summed E-state index contributed by atoms with van der Waals surface area (Å²) in [6, 6.07) is 6.42. The molecule has 2 aromatic rings. The van der Waals surface area contributed by atoms with Crippen LogP contribution in [0.2, 0.25) is 0 Å². The van der Waals surface area contributed by atoms with Crippen LogP contribution in [0.3, 0.4) is 0 Å². The number of carbonyl (C=O) groups excluding carboxylic acids is 1. The number of nitrogens with one attached hydrogen (secondary N) is 1. The van der Waals surface area contributed by atoms with Gasteiger partial charge in [0, 0.05) is 31.9 Å². The molecule has 1 aromatic carbocycles. The minimum Gasteiger partial charge on any atom is -0.395 e. The van der Waals surface area contributed by atoms with E-state index in [4.69, 9.17) is 12.2 Å². The Morgan fingerprint density at radius 3 is 2.63 bits per heavy atom. The van der Waals surface area contributed by atoms with Gasteiger partial charge in [0.05, 0.1) is 11.3 Å². The maximum absolute atomic E-state index is 13.6. The zero-order chi connectivity index (χ0) is 20.4. The first-order chi connectivity index (χ1) is 12.6. The molecule has 1 aromatic heterocycles. The Kier molecular flexibility index (Phi) is 8.01. The van der Waals surface area contributed by atoms with Crippen LogP contribution in [0.1, 0.15) is 23.6 Å². The molecule has 0 saturated carbocycles. The number of hydrogen-bond donors (Lipinski definition) is 2. The number of aromatic nitrogens is 1. The van der Waals surface area contributed by atoms with E-state index in [0.29, 0.717) is 5.56 Å². The molecular formula is C19H17F4N3O. The number of anilines is 1. The number of benzene rings is 1. The highest BCUT2D eigenvalue weighted by Gasteiger charge is 2.15. The van der Waals surface area contributed by atoms with Gasteiger partial charge in [-0.15, -0.1) is 6.42 Å². The van der Waals surface area contributed by atoms with Gasteiger partial charge in [0.2, 0.25) is 5.91 Å². The number of halogens is 4. The zero-order valence-corrected chi connectivity index (χ0v) is 14.3. The van der Waals surface area contributed by atoms with E-state index in [1.54, 1.807) is 30.6 Å². The smallest absolute Gasteiger partial charge is 0.386 e. The van der Waals surface area contributed by atoms with E-state index in [9.17, 15) is 22.4 Å². The van der Waals surface area contributed by atoms with E-state index < -0.39 is 12.0 Å². The first-order valence-corrected chi connectivity index (χ1v) is 7.57. The molecule has 142 valence electrons. The summed E-state index contributed by atoms with van der Waals surface area (Å²) in [7, 11) is 0. The lowest BCUT2D eigenvalue weighted by Gasteiger charge is -2.06. The Morgan fingerprint density at radius 2 is 2.07 bits per heavy atom. The number of pyridine rings is 1. The molecule has 0 fully saturated rings. The average molecular weight is 379 g/mol. The molecule has 1 amide bonds. The van der Waals surface area contributed by atoms with Crippen molar-refractivity contribution in [3.8, 4) is 12.3 Å². The fourth-order valence-corrected chi connectivity index (χ4v) is 1.79. The molecule has 0 radical (unpaired) electrons. The van der Waals surface area contributed by atoms with Crippen molar-refractivity contribution in [2.24, 2.45) is 0 Å². The minimum atomic E-state index is -4.00. The third-order valence-electron chi connectivity index (χ3n) is 2.92. The highest BCUT2D eigenvalue weighted by molar-refractivity contribution is 5.91. The molecule has 0 unspecified atom stereocenters. The average Bonchev–Trinajstić information content (AvgIpc) is 2.60. The Balaban J connectivity index is 0.000000646. The van der Waals surface area contributed by atoms with Gasteiger partial charge in [-0.1, -0.05) is 12.0 Å². The predicted octanol–water partition coefficient (Wildman–Crippen LogP) is 3.68. The van der Waals surface area contributed by atoms with E-state index in [0.717, 1.165) is 5.56 Å². The van der Waals surface area contributed by atoms with Crippen LogP contribution in [0.5, 0.6) is 0 Å². The number of nitrogens with zero attached hydrogens (tertiary/aromatic N) is 1. The van der Waals surface area contributed by atoms with Crippen molar-refractivity contribution in [2.75, 3.05) is 5.73 Å². The van der Waals surface area contributed by atoms with E-state index >= 15 is 0 Å². The second-order valence-corrected chi connectivity index (χ2v) is 5.30. The molecule has 27 heavy (non-hydrogen) atoms. The number of hydrogen-bond acceptors (Lipinski definition) is 3. The normalized spacial score (nSPS) is 10.7. The summed E-state index contributed by atoms with van der Waals surface area (Å²) >= 11 is 0. The number of nitrogen functional groups attached to an aromatic ring is 1. The van der Waals surface area contributed by atoms with E-state index in [1.165, 1.54) is 12.1 Å². The van der Waals surface area contributed by atoms with Gasteiger partial charge >= 0.3 is 6.18 Å². The molecule has 3 N–H and O–H groups in total. The van der Waals surface area contributed by atoms with Crippen molar-refractivity contribution in [3.05, 3.63) is 65.2 Å². The molecule has 0 spiro atoms. The van der Waals surface area contributed by atoms with Crippen LogP contribution in [-0.4, -0.2) is 17.1 Å². The number of carbonyl (C=O) groups is 1. The Morgan fingerprint density at radius 1 is 1.41 bits per heavy atom.